The number of phenols is 1. The number of hydrogen-bond acceptors (Lipinski definition) is 4. The van der Waals surface area contributed by atoms with Crippen LogP contribution in [0.4, 0.5) is 15.8 Å². The maximum Gasteiger partial charge on any atom is 0.221 e. The van der Waals surface area contributed by atoms with Crippen molar-refractivity contribution in [2.75, 3.05) is 29.9 Å². The van der Waals surface area contributed by atoms with E-state index in [9.17, 15) is 14.3 Å². The van der Waals surface area contributed by atoms with E-state index in [-0.39, 0.29) is 17.3 Å². The van der Waals surface area contributed by atoms with Gasteiger partial charge in [0, 0.05) is 49.4 Å². The zero-order valence-corrected chi connectivity index (χ0v) is 17.7. The van der Waals surface area contributed by atoms with Gasteiger partial charge in [-0.25, -0.2) is 4.39 Å². The summed E-state index contributed by atoms with van der Waals surface area (Å²) in [5, 5.41) is 16.9. The summed E-state index contributed by atoms with van der Waals surface area (Å²) in [6.45, 7) is 6.29. The van der Waals surface area contributed by atoms with E-state index >= 15 is 0 Å². The maximum atomic E-state index is 14.4. The van der Waals surface area contributed by atoms with Crippen LogP contribution in [0.15, 0.2) is 60.7 Å². The Balaban J connectivity index is 1.68. The number of rotatable bonds is 4. The maximum absolute atomic E-state index is 14.4. The van der Waals surface area contributed by atoms with Crippen molar-refractivity contribution < 1.29 is 14.3 Å². The smallest absolute Gasteiger partial charge is 0.221 e. The van der Waals surface area contributed by atoms with E-state index in [2.05, 4.69) is 34.6 Å². The largest absolute Gasteiger partial charge is 0.507 e. The van der Waals surface area contributed by atoms with Gasteiger partial charge in [-0.3, -0.25) is 4.79 Å². The molecule has 5 nitrogen and oxygen atoms in total. The number of halogens is 1. The summed E-state index contributed by atoms with van der Waals surface area (Å²) >= 11 is 0. The van der Waals surface area contributed by atoms with E-state index in [0.717, 1.165) is 30.9 Å². The molecule has 0 aromatic heterocycles. The Bertz CT molecular complexity index is 1120. The highest BCUT2D eigenvalue weighted by atomic mass is 19.1. The summed E-state index contributed by atoms with van der Waals surface area (Å²) in [6.07, 6.45) is 0. The summed E-state index contributed by atoms with van der Waals surface area (Å²) in [7, 11) is 0. The monoisotopic (exact) mass is 419 g/mol. The number of benzene rings is 3. The fraction of sp³-hybridized carbons (Fsp3) is 0.240. The van der Waals surface area contributed by atoms with Gasteiger partial charge < -0.3 is 20.6 Å². The third-order valence-corrected chi connectivity index (χ3v) is 5.52. The van der Waals surface area contributed by atoms with Crippen LogP contribution in [0.5, 0.6) is 5.75 Å². The molecule has 1 atom stereocenters. The van der Waals surface area contributed by atoms with Crippen LogP contribution in [0, 0.1) is 5.82 Å². The second kappa shape index (κ2) is 8.78. The molecule has 3 N–H and O–H groups in total. The van der Waals surface area contributed by atoms with Crippen LogP contribution < -0.4 is 15.5 Å². The zero-order valence-electron chi connectivity index (χ0n) is 17.7. The van der Waals surface area contributed by atoms with Crippen LogP contribution in [0.3, 0.4) is 0 Å². The molecule has 0 bridgehead atoms. The molecule has 0 aliphatic carbocycles. The average molecular weight is 420 g/mol. The van der Waals surface area contributed by atoms with Crippen molar-refractivity contribution in [1.29, 1.82) is 0 Å². The molecule has 3 aromatic rings. The molecule has 1 amide bonds. The van der Waals surface area contributed by atoms with Gasteiger partial charge in [0.2, 0.25) is 5.91 Å². The second-order valence-corrected chi connectivity index (χ2v) is 7.93. The van der Waals surface area contributed by atoms with Gasteiger partial charge in [0.1, 0.15) is 11.6 Å². The summed E-state index contributed by atoms with van der Waals surface area (Å²) in [6, 6.07) is 18.5. The van der Waals surface area contributed by atoms with Gasteiger partial charge in [-0.15, -0.1) is 0 Å². The third-order valence-electron chi connectivity index (χ3n) is 5.52. The van der Waals surface area contributed by atoms with Crippen molar-refractivity contribution in [2.45, 2.75) is 19.9 Å². The minimum atomic E-state index is -0.549. The third kappa shape index (κ3) is 4.54. The molecule has 1 aliphatic rings. The van der Waals surface area contributed by atoms with E-state index in [1.165, 1.54) is 19.1 Å². The standard InChI is InChI=1S/C25H26FN3O2/c1-16-15-29(12-11-27-16)20-6-3-5-18(13-20)21-7-4-8-22(25(21)31)19-9-10-24(23(26)14-19)28-17(2)30/h3-10,13-14,16,27,31H,11-12,15H2,1-2H3,(H,28,30)/t16-/m1/s1. The number of piperazine rings is 1. The molecule has 0 radical (unpaired) electrons. The van der Waals surface area contributed by atoms with Crippen LogP contribution >= 0.6 is 0 Å². The first-order chi connectivity index (χ1) is 14.9. The number of para-hydroxylation sites is 1. The molecule has 31 heavy (non-hydrogen) atoms. The Kier molecular flexibility index (Phi) is 5.91. The van der Waals surface area contributed by atoms with Crippen molar-refractivity contribution in [2.24, 2.45) is 0 Å². The molecule has 1 aliphatic heterocycles. The van der Waals surface area contributed by atoms with Gasteiger partial charge in [-0.1, -0.05) is 36.4 Å². The molecule has 0 unspecified atom stereocenters. The molecule has 1 fully saturated rings. The Hall–Kier alpha value is -3.38. The van der Waals surface area contributed by atoms with Gasteiger partial charge in [-0.05, 0) is 42.3 Å². The Morgan fingerprint density at radius 2 is 1.81 bits per heavy atom. The molecule has 160 valence electrons. The molecule has 0 spiro atoms. The topological polar surface area (TPSA) is 64.6 Å². The van der Waals surface area contributed by atoms with Gasteiger partial charge in [-0.2, -0.15) is 0 Å². The highest BCUT2D eigenvalue weighted by Gasteiger charge is 2.18. The predicted octanol–water partition coefficient (Wildman–Crippen LogP) is 4.62. The Morgan fingerprint density at radius 3 is 2.48 bits per heavy atom. The number of carbonyl (C=O) groups excluding carboxylic acids is 1. The summed E-state index contributed by atoms with van der Waals surface area (Å²) in [5.74, 6) is -0.789. The van der Waals surface area contributed by atoms with Crippen LogP contribution in [0.25, 0.3) is 22.3 Å². The van der Waals surface area contributed by atoms with Crippen molar-refractivity contribution in [3.63, 3.8) is 0 Å². The Labute approximate surface area is 181 Å². The molecule has 0 saturated carbocycles. The van der Waals surface area contributed by atoms with Gasteiger partial charge >= 0.3 is 0 Å². The Morgan fingerprint density at radius 1 is 1.10 bits per heavy atom. The van der Waals surface area contributed by atoms with E-state index < -0.39 is 5.82 Å². The molecule has 6 heteroatoms. The lowest BCUT2D eigenvalue weighted by Gasteiger charge is -2.33. The van der Waals surface area contributed by atoms with Crippen molar-refractivity contribution in [1.82, 2.24) is 5.32 Å². The number of phenolic OH excluding ortho intramolecular Hbond substituents is 1. The van der Waals surface area contributed by atoms with Gasteiger partial charge in [0.25, 0.3) is 0 Å². The van der Waals surface area contributed by atoms with Crippen molar-refractivity contribution in [3.8, 4) is 28.0 Å². The molecule has 3 aromatic carbocycles. The summed E-state index contributed by atoms with van der Waals surface area (Å²) in [4.78, 5) is 13.5. The van der Waals surface area contributed by atoms with Crippen LogP contribution in [0.2, 0.25) is 0 Å². The molecule has 1 saturated heterocycles. The number of anilines is 2. The lowest BCUT2D eigenvalue weighted by atomic mass is 9.96. The first-order valence-electron chi connectivity index (χ1n) is 10.4. The second-order valence-electron chi connectivity index (χ2n) is 7.93. The van der Waals surface area contributed by atoms with E-state index in [0.29, 0.717) is 22.7 Å². The number of hydrogen-bond donors (Lipinski definition) is 3. The number of nitrogens with one attached hydrogen (secondary N) is 2. The predicted molar refractivity (Wildman–Crippen MR) is 123 cm³/mol. The van der Waals surface area contributed by atoms with Crippen molar-refractivity contribution >= 4 is 17.3 Å². The lowest BCUT2D eigenvalue weighted by Crippen LogP contribution is -2.49. The van der Waals surface area contributed by atoms with E-state index in [4.69, 9.17) is 0 Å². The fourth-order valence-corrected chi connectivity index (χ4v) is 4.02. The van der Waals surface area contributed by atoms with Crippen molar-refractivity contribution in [3.05, 3.63) is 66.5 Å². The first-order valence-corrected chi connectivity index (χ1v) is 10.4. The van der Waals surface area contributed by atoms with Gasteiger partial charge in [0.05, 0.1) is 5.69 Å². The minimum Gasteiger partial charge on any atom is -0.507 e. The van der Waals surface area contributed by atoms with E-state index in [1.807, 2.05) is 24.3 Å². The first kappa shape index (κ1) is 20.9. The quantitative estimate of drug-likeness (QED) is 0.577. The zero-order chi connectivity index (χ0) is 22.0. The number of carbonyl (C=O) groups is 1. The average Bonchev–Trinajstić information content (AvgIpc) is 2.75. The van der Waals surface area contributed by atoms with Crippen LogP contribution in [0.1, 0.15) is 13.8 Å². The van der Waals surface area contributed by atoms with Gasteiger partial charge in [0.15, 0.2) is 0 Å². The van der Waals surface area contributed by atoms with Crippen LogP contribution in [-0.2, 0) is 4.79 Å². The highest BCUT2D eigenvalue weighted by molar-refractivity contribution is 5.89. The number of amides is 1. The summed E-state index contributed by atoms with van der Waals surface area (Å²) in [5.41, 5.74) is 3.89. The lowest BCUT2D eigenvalue weighted by molar-refractivity contribution is -0.114. The highest BCUT2D eigenvalue weighted by Crippen LogP contribution is 2.39. The molecular weight excluding hydrogens is 393 g/mol. The minimum absolute atomic E-state index is 0.0972. The molecular formula is C25H26FN3O2. The normalized spacial score (nSPS) is 16.2. The fourth-order valence-electron chi connectivity index (χ4n) is 4.02. The number of aromatic hydroxyl groups is 1. The SMILES string of the molecule is CC(=O)Nc1ccc(-c2cccc(-c3cccc(N4CCN[C@H](C)C4)c3)c2O)cc1F. The molecule has 1 heterocycles. The van der Waals surface area contributed by atoms with E-state index in [1.54, 1.807) is 12.1 Å². The molecule has 4 rings (SSSR count). The number of nitrogens with zero attached hydrogens (tertiary/aromatic N) is 1. The summed E-state index contributed by atoms with van der Waals surface area (Å²) < 4.78 is 14.4. The van der Waals surface area contributed by atoms with Crippen LogP contribution in [-0.4, -0.2) is 36.7 Å².